The van der Waals surface area contributed by atoms with Crippen LogP contribution in [0.3, 0.4) is 0 Å². The number of carbonyl (C=O) groups excluding carboxylic acids is 1. The first-order valence-corrected chi connectivity index (χ1v) is 12.1. The van der Waals surface area contributed by atoms with Crippen molar-refractivity contribution in [2.24, 2.45) is 16.2 Å². The van der Waals surface area contributed by atoms with Gasteiger partial charge < -0.3 is 4.90 Å². The maximum absolute atomic E-state index is 14.4. The van der Waals surface area contributed by atoms with E-state index >= 15 is 0 Å². The van der Waals surface area contributed by atoms with Crippen molar-refractivity contribution >= 4 is 21.6 Å². The number of piperidine rings is 1. The summed E-state index contributed by atoms with van der Waals surface area (Å²) in [6.45, 7) is 2.69. The van der Waals surface area contributed by atoms with Crippen LogP contribution in [0.15, 0.2) is 46.9 Å². The lowest BCUT2D eigenvalue weighted by Crippen LogP contribution is -2.44. The minimum atomic E-state index is -3.52. The summed E-state index contributed by atoms with van der Waals surface area (Å²) in [5, 5.41) is 0. The van der Waals surface area contributed by atoms with E-state index in [9.17, 15) is 22.0 Å². The highest BCUT2D eigenvalue weighted by molar-refractivity contribution is 7.89. The molecule has 1 amide bonds. The summed E-state index contributed by atoms with van der Waals surface area (Å²) in [4.78, 5) is 14.8. The number of amides is 1. The molecule has 5 nitrogen and oxygen atoms in total. The van der Waals surface area contributed by atoms with Crippen LogP contribution in [0.5, 0.6) is 0 Å². The first kappa shape index (κ1) is 21.6. The molecule has 1 saturated heterocycles. The summed E-state index contributed by atoms with van der Waals surface area (Å²) >= 11 is 0. The Morgan fingerprint density at radius 2 is 1.77 bits per heavy atom. The molecule has 1 saturated carbocycles. The summed E-state index contributed by atoms with van der Waals surface area (Å²) in [5.41, 5.74) is 1.62. The normalized spacial score (nSPS) is 25.0. The topological polar surface area (TPSA) is 66.8 Å². The summed E-state index contributed by atoms with van der Waals surface area (Å²) in [7, 11) is -3.52. The van der Waals surface area contributed by atoms with Crippen LogP contribution in [0, 0.1) is 23.5 Å². The molecule has 0 N–H and O–H groups in total. The molecule has 2 aromatic rings. The lowest BCUT2D eigenvalue weighted by atomic mass is 9.94. The average molecular weight is 447 g/mol. The third kappa shape index (κ3) is 4.69. The van der Waals surface area contributed by atoms with E-state index in [1.807, 2.05) is 13.0 Å². The number of sulfonamides is 1. The van der Waals surface area contributed by atoms with Crippen molar-refractivity contribution in [1.29, 1.82) is 0 Å². The van der Waals surface area contributed by atoms with Gasteiger partial charge in [0.1, 0.15) is 11.6 Å². The van der Waals surface area contributed by atoms with Gasteiger partial charge in [-0.25, -0.2) is 17.2 Å². The van der Waals surface area contributed by atoms with Crippen LogP contribution in [0.4, 0.5) is 8.78 Å². The summed E-state index contributed by atoms with van der Waals surface area (Å²) in [6, 6.07) is 10.8. The van der Waals surface area contributed by atoms with Crippen LogP contribution in [0.25, 0.3) is 11.1 Å². The van der Waals surface area contributed by atoms with Crippen LogP contribution in [0.2, 0.25) is 0 Å². The Kier molecular flexibility index (Phi) is 5.68. The Labute approximate surface area is 180 Å². The number of hydrogen-bond donors (Lipinski definition) is 0. The number of rotatable bonds is 4. The van der Waals surface area contributed by atoms with E-state index in [4.69, 9.17) is 0 Å². The molecule has 2 aliphatic rings. The van der Waals surface area contributed by atoms with E-state index in [0.717, 1.165) is 11.8 Å². The highest BCUT2D eigenvalue weighted by Gasteiger charge is 2.47. The van der Waals surface area contributed by atoms with Gasteiger partial charge in [-0.1, -0.05) is 37.3 Å². The number of hydrogen-bond acceptors (Lipinski definition) is 3. The zero-order chi connectivity index (χ0) is 22.3. The minimum absolute atomic E-state index is 0.0680. The van der Waals surface area contributed by atoms with Crippen LogP contribution in [-0.2, 0) is 14.8 Å². The lowest BCUT2D eigenvalue weighted by Gasteiger charge is -2.32. The molecule has 0 spiro atoms. The number of halogens is 2. The standard InChI is InChI=1S/C23H24F2N2O3S/c1-14-10-15(26-31(2,29)30)13-27(12-14)23(28)19-11-18(19)16-6-3-4-7-17(16)22-20(24)8-5-9-21(22)25/h3-9,14,18-19H,10-13H2,1-2H3/b26-15+/t14-,18-,19+/m0/s1. The van der Waals surface area contributed by atoms with E-state index in [0.29, 0.717) is 30.7 Å². The van der Waals surface area contributed by atoms with E-state index in [2.05, 4.69) is 4.40 Å². The van der Waals surface area contributed by atoms with Gasteiger partial charge in [0.2, 0.25) is 15.9 Å². The molecule has 0 radical (unpaired) electrons. The van der Waals surface area contributed by atoms with E-state index in [1.165, 1.54) is 18.2 Å². The van der Waals surface area contributed by atoms with Crippen molar-refractivity contribution < 1.29 is 22.0 Å². The van der Waals surface area contributed by atoms with Crippen LogP contribution < -0.4 is 0 Å². The largest absolute Gasteiger partial charge is 0.337 e. The Balaban J connectivity index is 1.57. The second-order valence-corrected chi connectivity index (χ2v) is 10.2. The maximum atomic E-state index is 14.4. The van der Waals surface area contributed by atoms with Crippen molar-refractivity contribution in [2.45, 2.75) is 25.7 Å². The maximum Gasteiger partial charge on any atom is 0.250 e. The molecule has 2 aromatic carbocycles. The molecule has 4 rings (SSSR count). The van der Waals surface area contributed by atoms with Gasteiger partial charge in [-0.05, 0) is 47.9 Å². The van der Waals surface area contributed by atoms with Gasteiger partial charge >= 0.3 is 0 Å². The summed E-state index contributed by atoms with van der Waals surface area (Å²) in [6.07, 6.45) is 2.18. The monoisotopic (exact) mass is 446 g/mol. The third-order valence-electron chi connectivity index (χ3n) is 5.80. The van der Waals surface area contributed by atoms with Gasteiger partial charge in [0.15, 0.2) is 0 Å². The molecular weight excluding hydrogens is 422 g/mol. The van der Waals surface area contributed by atoms with Gasteiger partial charge in [-0.3, -0.25) is 4.79 Å². The van der Waals surface area contributed by atoms with E-state index < -0.39 is 21.7 Å². The molecule has 31 heavy (non-hydrogen) atoms. The van der Waals surface area contributed by atoms with Gasteiger partial charge in [-0.2, -0.15) is 4.40 Å². The summed E-state index contributed by atoms with van der Waals surface area (Å²) < 4.78 is 55.7. The number of nitrogens with zero attached hydrogens (tertiary/aromatic N) is 2. The minimum Gasteiger partial charge on any atom is -0.337 e. The second kappa shape index (κ2) is 8.15. The van der Waals surface area contributed by atoms with Gasteiger partial charge in [0, 0.05) is 12.5 Å². The van der Waals surface area contributed by atoms with Crippen molar-refractivity contribution in [3.05, 3.63) is 59.7 Å². The number of benzene rings is 2. The quantitative estimate of drug-likeness (QED) is 0.713. The van der Waals surface area contributed by atoms with Crippen LogP contribution in [-0.4, -0.2) is 44.3 Å². The van der Waals surface area contributed by atoms with Gasteiger partial charge in [0.25, 0.3) is 0 Å². The fraction of sp³-hybridized carbons (Fsp3) is 0.391. The van der Waals surface area contributed by atoms with Crippen LogP contribution >= 0.6 is 0 Å². The fourth-order valence-corrected chi connectivity index (χ4v) is 5.11. The van der Waals surface area contributed by atoms with Crippen molar-refractivity contribution in [3.63, 3.8) is 0 Å². The molecule has 0 bridgehead atoms. The fourth-order valence-electron chi connectivity index (χ4n) is 4.51. The summed E-state index contributed by atoms with van der Waals surface area (Å²) in [5.74, 6) is -1.65. The first-order valence-electron chi connectivity index (χ1n) is 10.2. The second-order valence-electron chi connectivity index (χ2n) is 8.55. The molecule has 1 aliphatic carbocycles. The van der Waals surface area contributed by atoms with Crippen molar-refractivity contribution in [2.75, 3.05) is 19.3 Å². The van der Waals surface area contributed by atoms with E-state index in [-0.39, 0.29) is 35.8 Å². The highest BCUT2D eigenvalue weighted by Crippen LogP contribution is 2.51. The highest BCUT2D eigenvalue weighted by atomic mass is 32.2. The lowest BCUT2D eigenvalue weighted by molar-refractivity contribution is -0.132. The Morgan fingerprint density at radius 3 is 2.45 bits per heavy atom. The molecular formula is C23H24F2N2O3S. The average Bonchev–Trinajstić information content (AvgIpc) is 3.46. The molecule has 3 atom stereocenters. The predicted molar refractivity (Wildman–Crippen MR) is 115 cm³/mol. The molecule has 8 heteroatoms. The molecule has 0 unspecified atom stereocenters. The molecule has 1 heterocycles. The van der Waals surface area contributed by atoms with Gasteiger partial charge in [-0.15, -0.1) is 0 Å². The van der Waals surface area contributed by atoms with E-state index in [1.54, 1.807) is 23.1 Å². The smallest absolute Gasteiger partial charge is 0.250 e. The number of carbonyl (C=O) groups is 1. The molecule has 1 aliphatic heterocycles. The Morgan fingerprint density at radius 1 is 1.10 bits per heavy atom. The SMILES string of the molecule is C[C@H]1C/C(=N\S(C)(=O)=O)CN(C(=O)[C@@H]2C[C@H]2c2ccccc2-c2c(F)cccc2F)C1. The van der Waals surface area contributed by atoms with Gasteiger partial charge in [0.05, 0.1) is 24.1 Å². The first-order chi connectivity index (χ1) is 14.6. The molecule has 2 fully saturated rings. The number of likely N-dealkylation sites (tertiary alicyclic amines) is 1. The zero-order valence-electron chi connectivity index (χ0n) is 17.4. The molecule has 164 valence electrons. The molecule has 0 aromatic heterocycles. The van der Waals surface area contributed by atoms with Crippen molar-refractivity contribution in [1.82, 2.24) is 4.90 Å². The third-order valence-corrected chi connectivity index (χ3v) is 6.39. The Hall–Kier alpha value is -2.61. The van der Waals surface area contributed by atoms with Crippen molar-refractivity contribution in [3.8, 4) is 11.1 Å². The predicted octanol–water partition coefficient (Wildman–Crippen LogP) is 4.00. The zero-order valence-corrected chi connectivity index (χ0v) is 18.2. The Bertz CT molecular complexity index is 1140. The van der Waals surface area contributed by atoms with Crippen LogP contribution in [0.1, 0.15) is 31.2 Å².